The molecule has 1 N–H and O–H groups in total. The van der Waals surface area contributed by atoms with Crippen molar-refractivity contribution in [1.29, 1.82) is 0 Å². The highest BCUT2D eigenvalue weighted by Gasteiger charge is 2.30. The molecule has 30 heavy (non-hydrogen) atoms. The zero-order valence-corrected chi connectivity index (χ0v) is 18.3. The Labute approximate surface area is 185 Å². The second-order valence-corrected chi connectivity index (χ2v) is 8.06. The van der Waals surface area contributed by atoms with Crippen LogP contribution < -0.4 is 14.8 Å². The molecule has 0 radical (unpaired) electrons. The molecule has 0 aliphatic carbocycles. The first-order chi connectivity index (χ1) is 14.5. The molecule has 0 bridgehead atoms. The minimum absolute atomic E-state index is 0.0955. The van der Waals surface area contributed by atoms with E-state index in [1.807, 2.05) is 37.3 Å². The molecule has 1 aliphatic rings. The molecule has 1 heterocycles. The van der Waals surface area contributed by atoms with Crippen molar-refractivity contribution >= 4 is 46.2 Å². The van der Waals surface area contributed by atoms with Gasteiger partial charge >= 0.3 is 0 Å². The Bertz CT molecular complexity index is 976. The number of carbonyl (C=O) groups excluding carboxylic acids is 2. The summed E-state index contributed by atoms with van der Waals surface area (Å²) in [6.45, 7) is 2.75. The van der Waals surface area contributed by atoms with Crippen LogP contribution in [0.4, 0.5) is 0 Å². The number of benzene rings is 2. The zero-order chi connectivity index (χ0) is 21.5. The van der Waals surface area contributed by atoms with E-state index in [1.54, 1.807) is 29.2 Å². The summed E-state index contributed by atoms with van der Waals surface area (Å²) in [5.74, 6) is 0.603. The third-order valence-corrected chi connectivity index (χ3v) is 5.74. The Hall–Kier alpha value is -2.84. The quantitative estimate of drug-likeness (QED) is 0.498. The first kappa shape index (κ1) is 21.9. The summed E-state index contributed by atoms with van der Waals surface area (Å²) in [6, 6.07) is 14.9. The van der Waals surface area contributed by atoms with Crippen molar-refractivity contribution in [3.8, 4) is 11.5 Å². The van der Waals surface area contributed by atoms with Crippen LogP contribution in [0.2, 0.25) is 0 Å². The average Bonchev–Trinajstić information content (AvgIpc) is 3.03. The average molecular weight is 443 g/mol. The van der Waals surface area contributed by atoms with Gasteiger partial charge in [-0.15, -0.1) is 0 Å². The number of nitrogens with one attached hydrogen (secondary N) is 1. The smallest absolute Gasteiger partial charge is 0.266 e. The van der Waals surface area contributed by atoms with Gasteiger partial charge in [-0.05, 0) is 36.3 Å². The molecule has 0 unspecified atom stereocenters. The van der Waals surface area contributed by atoms with Crippen LogP contribution in [0, 0.1) is 0 Å². The van der Waals surface area contributed by atoms with Gasteiger partial charge in [0.05, 0.1) is 12.0 Å². The van der Waals surface area contributed by atoms with Gasteiger partial charge in [-0.3, -0.25) is 14.5 Å². The first-order valence-corrected chi connectivity index (χ1v) is 10.6. The summed E-state index contributed by atoms with van der Waals surface area (Å²) in [5.41, 5.74) is 1.80. The molecular weight excluding hydrogens is 420 g/mol. The Morgan fingerprint density at radius 1 is 1.20 bits per heavy atom. The number of nitrogens with zero attached hydrogens (tertiary/aromatic N) is 1. The third-order valence-electron chi connectivity index (χ3n) is 4.37. The van der Waals surface area contributed by atoms with Crippen molar-refractivity contribution in [2.24, 2.45) is 0 Å². The summed E-state index contributed by atoms with van der Waals surface area (Å²) in [6.07, 6.45) is 1.77. The summed E-state index contributed by atoms with van der Waals surface area (Å²) in [7, 11) is 1.53. The molecule has 6 nitrogen and oxygen atoms in total. The maximum absolute atomic E-state index is 12.4. The van der Waals surface area contributed by atoms with Crippen LogP contribution in [0.25, 0.3) is 6.08 Å². The first-order valence-electron chi connectivity index (χ1n) is 9.38. The van der Waals surface area contributed by atoms with E-state index < -0.39 is 0 Å². The number of methoxy groups -OCH3 is 1. The van der Waals surface area contributed by atoms with E-state index in [1.165, 1.54) is 18.9 Å². The van der Waals surface area contributed by atoms with Crippen LogP contribution in [0.1, 0.15) is 18.1 Å². The van der Waals surface area contributed by atoms with E-state index in [0.717, 1.165) is 11.1 Å². The lowest BCUT2D eigenvalue weighted by Gasteiger charge is -2.12. The number of carbonyl (C=O) groups is 2. The number of amides is 2. The second-order valence-electron chi connectivity index (χ2n) is 6.39. The van der Waals surface area contributed by atoms with E-state index in [2.05, 4.69) is 5.32 Å². The third kappa shape index (κ3) is 5.40. The number of thiocarbonyl (C=S) groups is 1. The molecule has 0 spiro atoms. The van der Waals surface area contributed by atoms with E-state index in [0.29, 0.717) is 33.8 Å². The number of rotatable bonds is 8. The van der Waals surface area contributed by atoms with E-state index in [-0.39, 0.29) is 18.4 Å². The Morgan fingerprint density at radius 2 is 1.97 bits per heavy atom. The molecule has 2 amide bonds. The molecular formula is C22H22N2O4S2. The maximum atomic E-state index is 12.4. The topological polar surface area (TPSA) is 67.9 Å². The monoisotopic (exact) mass is 442 g/mol. The van der Waals surface area contributed by atoms with Crippen LogP contribution in [-0.4, -0.2) is 41.3 Å². The van der Waals surface area contributed by atoms with Crippen LogP contribution in [-0.2, 0) is 16.1 Å². The summed E-state index contributed by atoms with van der Waals surface area (Å²) < 4.78 is 11.6. The second kappa shape index (κ2) is 10.3. The molecule has 1 aliphatic heterocycles. The van der Waals surface area contributed by atoms with Gasteiger partial charge in [-0.25, -0.2) is 0 Å². The molecule has 1 fully saturated rings. The number of likely N-dealkylation sites (N-methyl/N-ethyl adjacent to an activating group) is 1. The van der Waals surface area contributed by atoms with Crippen molar-refractivity contribution in [2.45, 2.75) is 13.5 Å². The SMILES string of the molecule is CCN1C(=O)C(=Cc2ccc(OCC(=O)NCc3ccccc3)c(OC)c2)SC1=S. The number of hydrogen-bond acceptors (Lipinski definition) is 6. The fourth-order valence-electron chi connectivity index (χ4n) is 2.81. The minimum Gasteiger partial charge on any atom is -0.493 e. The molecule has 0 saturated carbocycles. The molecule has 156 valence electrons. The molecule has 2 aromatic rings. The molecule has 1 saturated heterocycles. The van der Waals surface area contributed by atoms with Crippen molar-refractivity contribution in [1.82, 2.24) is 10.2 Å². The van der Waals surface area contributed by atoms with Gasteiger partial charge in [0.25, 0.3) is 11.8 Å². The molecule has 8 heteroatoms. The fraction of sp³-hybridized carbons (Fsp3) is 0.227. The maximum Gasteiger partial charge on any atom is 0.266 e. The van der Waals surface area contributed by atoms with Gasteiger partial charge in [0.1, 0.15) is 4.32 Å². The highest BCUT2D eigenvalue weighted by Crippen LogP contribution is 2.34. The predicted octanol–water partition coefficient (Wildman–Crippen LogP) is 3.61. The summed E-state index contributed by atoms with van der Waals surface area (Å²) >= 11 is 6.52. The van der Waals surface area contributed by atoms with Gasteiger partial charge in [0.2, 0.25) is 0 Å². The van der Waals surface area contributed by atoms with Gasteiger partial charge in [-0.2, -0.15) is 0 Å². The van der Waals surface area contributed by atoms with Crippen LogP contribution in [0.5, 0.6) is 11.5 Å². The Balaban J connectivity index is 1.62. The molecule has 2 aromatic carbocycles. The van der Waals surface area contributed by atoms with E-state index >= 15 is 0 Å². The Kier molecular flexibility index (Phi) is 7.48. The number of hydrogen-bond donors (Lipinski definition) is 1. The highest BCUT2D eigenvalue weighted by molar-refractivity contribution is 8.26. The van der Waals surface area contributed by atoms with Crippen molar-refractivity contribution in [3.05, 3.63) is 64.6 Å². The normalized spacial score (nSPS) is 14.9. The Morgan fingerprint density at radius 3 is 2.63 bits per heavy atom. The van der Waals surface area contributed by atoms with Crippen molar-refractivity contribution in [2.75, 3.05) is 20.3 Å². The van der Waals surface area contributed by atoms with Gasteiger partial charge in [0, 0.05) is 13.1 Å². The van der Waals surface area contributed by atoms with Gasteiger partial charge in [-0.1, -0.05) is 60.4 Å². The molecule has 3 rings (SSSR count). The molecule has 0 atom stereocenters. The highest BCUT2D eigenvalue weighted by atomic mass is 32.2. The van der Waals surface area contributed by atoms with Crippen LogP contribution >= 0.6 is 24.0 Å². The summed E-state index contributed by atoms with van der Waals surface area (Å²) in [5, 5.41) is 2.81. The zero-order valence-electron chi connectivity index (χ0n) is 16.7. The fourth-order valence-corrected chi connectivity index (χ4v) is 4.19. The predicted molar refractivity (Wildman–Crippen MR) is 122 cm³/mol. The lowest BCUT2D eigenvalue weighted by molar-refractivity contribution is -0.123. The summed E-state index contributed by atoms with van der Waals surface area (Å²) in [4.78, 5) is 26.6. The standard InChI is InChI=1S/C22H22N2O4S2/c1-3-24-21(26)19(30-22(24)29)12-16-9-10-17(18(11-16)27-2)28-14-20(25)23-13-15-7-5-4-6-8-15/h4-12H,3,13-14H2,1-2H3,(H,23,25). The lowest BCUT2D eigenvalue weighted by atomic mass is 10.2. The molecule has 0 aromatic heterocycles. The largest absolute Gasteiger partial charge is 0.493 e. The van der Waals surface area contributed by atoms with Crippen LogP contribution in [0.15, 0.2) is 53.4 Å². The van der Waals surface area contributed by atoms with E-state index in [9.17, 15) is 9.59 Å². The number of thioether (sulfide) groups is 1. The lowest BCUT2D eigenvalue weighted by Crippen LogP contribution is -2.28. The van der Waals surface area contributed by atoms with Crippen molar-refractivity contribution in [3.63, 3.8) is 0 Å². The van der Waals surface area contributed by atoms with Gasteiger partial charge < -0.3 is 14.8 Å². The number of ether oxygens (including phenoxy) is 2. The van der Waals surface area contributed by atoms with E-state index in [4.69, 9.17) is 21.7 Å². The van der Waals surface area contributed by atoms with Crippen LogP contribution in [0.3, 0.4) is 0 Å². The minimum atomic E-state index is -0.228. The van der Waals surface area contributed by atoms with Crippen molar-refractivity contribution < 1.29 is 19.1 Å². The van der Waals surface area contributed by atoms with Gasteiger partial charge in [0.15, 0.2) is 18.1 Å².